The fraction of sp³-hybridized carbons (Fsp3) is 0.929. The van der Waals surface area contributed by atoms with Crippen molar-refractivity contribution in [1.29, 1.82) is 0 Å². The molecule has 1 saturated heterocycles. The van der Waals surface area contributed by atoms with Crippen molar-refractivity contribution >= 4 is 17.7 Å². The first kappa shape index (κ1) is 15.1. The van der Waals surface area contributed by atoms with Gasteiger partial charge in [0.1, 0.15) is 0 Å². The largest absolute Gasteiger partial charge is 0.351 e. The summed E-state index contributed by atoms with van der Waals surface area (Å²) < 4.78 is 0. The van der Waals surface area contributed by atoms with Gasteiger partial charge in [-0.25, -0.2) is 0 Å². The van der Waals surface area contributed by atoms with Crippen LogP contribution >= 0.6 is 11.8 Å². The lowest BCUT2D eigenvalue weighted by Gasteiger charge is -2.33. The Morgan fingerprint density at radius 3 is 2.63 bits per heavy atom. The number of hydrogen-bond donors (Lipinski definition) is 2. The molecule has 1 aliphatic heterocycles. The van der Waals surface area contributed by atoms with Gasteiger partial charge in [0.05, 0.1) is 6.54 Å². The van der Waals surface area contributed by atoms with Gasteiger partial charge < -0.3 is 11.1 Å². The molecule has 2 aliphatic rings. The molecule has 19 heavy (non-hydrogen) atoms. The average Bonchev–Trinajstić information content (AvgIpc) is 2.42. The molecule has 1 aliphatic carbocycles. The summed E-state index contributed by atoms with van der Waals surface area (Å²) >= 11 is 1.90. The zero-order chi connectivity index (χ0) is 13.7. The number of likely N-dealkylation sites (tertiary alicyclic amines) is 1. The summed E-state index contributed by atoms with van der Waals surface area (Å²) in [7, 11) is 0. The van der Waals surface area contributed by atoms with Gasteiger partial charge in [0, 0.05) is 30.4 Å². The summed E-state index contributed by atoms with van der Waals surface area (Å²) in [5, 5.41) is 3.85. The molecule has 0 aromatic carbocycles. The number of nitrogens with one attached hydrogen (secondary N) is 1. The lowest BCUT2D eigenvalue weighted by Crippen LogP contribution is -2.49. The standard InChI is InChI=1S/C14H27N3OS/c1-19-13-5-3-2-4-12(13)16-14(18)10-17-8-6-11(15)7-9-17/h11-13H,2-10,15H2,1H3,(H,16,18). The van der Waals surface area contributed by atoms with E-state index < -0.39 is 0 Å². The number of thioether (sulfide) groups is 1. The zero-order valence-corrected chi connectivity index (χ0v) is 12.8. The van der Waals surface area contributed by atoms with E-state index in [0.717, 1.165) is 32.4 Å². The molecule has 2 fully saturated rings. The maximum atomic E-state index is 12.1. The highest BCUT2D eigenvalue weighted by molar-refractivity contribution is 7.99. The van der Waals surface area contributed by atoms with Gasteiger partial charge in [-0.3, -0.25) is 9.69 Å². The number of nitrogens with two attached hydrogens (primary N) is 1. The van der Waals surface area contributed by atoms with E-state index in [1.807, 2.05) is 11.8 Å². The quantitative estimate of drug-likeness (QED) is 0.815. The number of carbonyl (C=O) groups excluding carboxylic acids is 1. The molecule has 0 radical (unpaired) electrons. The number of rotatable bonds is 4. The van der Waals surface area contributed by atoms with Gasteiger partial charge in [0.25, 0.3) is 0 Å². The van der Waals surface area contributed by atoms with Gasteiger partial charge in [-0.2, -0.15) is 11.8 Å². The molecule has 0 aromatic heterocycles. The van der Waals surface area contributed by atoms with Crippen molar-refractivity contribution < 1.29 is 4.79 Å². The second-order valence-electron chi connectivity index (χ2n) is 5.85. The maximum absolute atomic E-state index is 12.1. The molecule has 110 valence electrons. The Balaban J connectivity index is 1.74. The molecule has 2 rings (SSSR count). The van der Waals surface area contributed by atoms with Crippen molar-refractivity contribution in [3.05, 3.63) is 0 Å². The highest BCUT2D eigenvalue weighted by Crippen LogP contribution is 2.27. The number of piperidine rings is 1. The molecular weight excluding hydrogens is 258 g/mol. The number of amides is 1. The van der Waals surface area contributed by atoms with Crippen LogP contribution in [0.1, 0.15) is 38.5 Å². The second kappa shape index (κ2) is 7.50. The van der Waals surface area contributed by atoms with E-state index in [1.54, 1.807) is 0 Å². The van der Waals surface area contributed by atoms with Crippen molar-refractivity contribution in [2.45, 2.75) is 55.9 Å². The molecule has 1 saturated carbocycles. The first-order valence-electron chi connectivity index (χ1n) is 7.49. The Kier molecular flexibility index (Phi) is 5.98. The van der Waals surface area contributed by atoms with Gasteiger partial charge in [-0.05, 0) is 31.9 Å². The molecule has 2 atom stereocenters. The average molecular weight is 285 g/mol. The first-order chi connectivity index (χ1) is 9.19. The van der Waals surface area contributed by atoms with E-state index in [4.69, 9.17) is 5.73 Å². The fourth-order valence-electron chi connectivity index (χ4n) is 3.11. The van der Waals surface area contributed by atoms with Crippen LogP contribution < -0.4 is 11.1 Å². The third-order valence-electron chi connectivity index (χ3n) is 4.35. The molecule has 1 amide bonds. The molecular formula is C14H27N3OS. The van der Waals surface area contributed by atoms with Crippen LogP contribution in [0, 0.1) is 0 Å². The molecule has 4 nitrogen and oxygen atoms in total. The number of nitrogens with zero attached hydrogens (tertiary/aromatic N) is 1. The Morgan fingerprint density at radius 2 is 1.95 bits per heavy atom. The first-order valence-corrected chi connectivity index (χ1v) is 8.78. The molecule has 3 N–H and O–H groups in total. The van der Waals surface area contributed by atoms with E-state index >= 15 is 0 Å². The summed E-state index contributed by atoms with van der Waals surface area (Å²) in [5.41, 5.74) is 5.88. The van der Waals surface area contributed by atoms with Crippen LogP contribution in [0.25, 0.3) is 0 Å². The van der Waals surface area contributed by atoms with Crippen LogP contribution in [-0.4, -0.2) is 54.0 Å². The van der Waals surface area contributed by atoms with Gasteiger partial charge in [0.15, 0.2) is 0 Å². The lowest BCUT2D eigenvalue weighted by atomic mass is 9.95. The van der Waals surface area contributed by atoms with E-state index in [0.29, 0.717) is 23.9 Å². The van der Waals surface area contributed by atoms with Crippen molar-refractivity contribution in [2.24, 2.45) is 5.73 Å². The van der Waals surface area contributed by atoms with E-state index in [2.05, 4.69) is 16.5 Å². The lowest BCUT2D eigenvalue weighted by molar-refractivity contribution is -0.123. The Labute approximate surface area is 120 Å². The normalized spacial score (nSPS) is 30.2. The Morgan fingerprint density at radius 1 is 1.26 bits per heavy atom. The Bertz CT molecular complexity index is 292. The van der Waals surface area contributed by atoms with Gasteiger partial charge in [-0.15, -0.1) is 0 Å². The van der Waals surface area contributed by atoms with E-state index in [1.165, 1.54) is 19.3 Å². The van der Waals surface area contributed by atoms with Crippen LogP contribution in [0.15, 0.2) is 0 Å². The third kappa shape index (κ3) is 4.65. The zero-order valence-electron chi connectivity index (χ0n) is 11.9. The maximum Gasteiger partial charge on any atom is 0.234 e. The van der Waals surface area contributed by atoms with Crippen LogP contribution in [-0.2, 0) is 4.79 Å². The van der Waals surface area contributed by atoms with Crippen molar-refractivity contribution in [2.75, 3.05) is 25.9 Å². The summed E-state index contributed by atoms with van der Waals surface area (Å²) in [6, 6.07) is 0.710. The fourth-order valence-corrected chi connectivity index (χ4v) is 4.05. The van der Waals surface area contributed by atoms with Crippen LogP contribution in [0.3, 0.4) is 0 Å². The number of hydrogen-bond acceptors (Lipinski definition) is 4. The minimum absolute atomic E-state index is 0.196. The van der Waals surface area contributed by atoms with Gasteiger partial charge in [0.2, 0.25) is 5.91 Å². The third-order valence-corrected chi connectivity index (χ3v) is 5.52. The van der Waals surface area contributed by atoms with Crippen LogP contribution in [0.5, 0.6) is 0 Å². The van der Waals surface area contributed by atoms with Crippen LogP contribution in [0.4, 0.5) is 0 Å². The minimum atomic E-state index is 0.196. The number of carbonyl (C=O) groups is 1. The molecule has 2 unspecified atom stereocenters. The smallest absolute Gasteiger partial charge is 0.234 e. The predicted octanol–water partition coefficient (Wildman–Crippen LogP) is 1.20. The van der Waals surface area contributed by atoms with Crippen molar-refractivity contribution in [3.8, 4) is 0 Å². The summed E-state index contributed by atoms with van der Waals surface area (Å²) in [4.78, 5) is 14.4. The highest BCUT2D eigenvalue weighted by atomic mass is 32.2. The second-order valence-corrected chi connectivity index (χ2v) is 6.92. The predicted molar refractivity (Wildman–Crippen MR) is 81.4 cm³/mol. The minimum Gasteiger partial charge on any atom is -0.351 e. The summed E-state index contributed by atoms with van der Waals surface area (Å²) in [6.07, 6.45) is 9.13. The molecule has 1 heterocycles. The topological polar surface area (TPSA) is 58.4 Å². The van der Waals surface area contributed by atoms with Gasteiger partial charge in [-0.1, -0.05) is 12.8 Å². The molecule has 5 heteroatoms. The van der Waals surface area contributed by atoms with Crippen molar-refractivity contribution in [1.82, 2.24) is 10.2 Å². The monoisotopic (exact) mass is 285 g/mol. The summed E-state index contributed by atoms with van der Waals surface area (Å²) in [5.74, 6) is 0.196. The van der Waals surface area contributed by atoms with Gasteiger partial charge >= 0.3 is 0 Å². The molecule has 0 bridgehead atoms. The van der Waals surface area contributed by atoms with E-state index in [-0.39, 0.29) is 5.91 Å². The molecule has 0 aromatic rings. The summed E-state index contributed by atoms with van der Waals surface area (Å²) in [6.45, 7) is 2.47. The SMILES string of the molecule is CSC1CCCCC1NC(=O)CN1CCC(N)CC1. The highest BCUT2D eigenvalue weighted by Gasteiger charge is 2.26. The molecule has 0 spiro atoms. The van der Waals surface area contributed by atoms with E-state index in [9.17, 15) is 4.79 Å². The van der Waals surface area contributed by atoms with Crippen molar-refractivity contribution in [3.63, 3.8) is 0 Å². The Hall–Kier alpha value is -0.260. The van der Waals surface area contributed by atoms with Crippen LogP contribution in [0.2, 0.25) is 0 Å².